The standard InChI is InChI=1S/C16H21BrN4.C2H6/c1-4-8-18-14(12(2)3)16(6-5-7-16)11-21-15-19-9-13(17)10-20-15;1-2/h4,8-10H,1,5-7,11H2,2-3H3,(H,19,20,21);1-2H3. The maximum Gasteiger partial charge on any atom is 0.222 e. The Balaban J connectivity index is 0.00000127. The summed E-state index contributed by atoms with van der Waals surface area (Å²) in [7, 11) is 0. The van der Waals surface area contributed by atoms with E-state index < -0.39 is 0 Å². The number of rotatable bonds is 6. The largest absolute Gasteiger partial charge is 0.353 e. The Bertz CT molecular complexity index is 553. The van der Waals surface area contributed by atoms with Crippen molar-refractivity contribution >= 4 is 28.1 Å². The first-order chi connectivity index (χ1) is 11.1. The number of allylic oxidation sites excluding steroid dienone is 2. The van der Waals surface area contributed by atoms with Crippen LogP contribution < -0.4 is 5.32 Å². The van der Waals surface area contributed by atoms with E-state index in [1.165, 1.54) is 17.7 Å². The van der Waals surface area contributed by atoms with Crippen LogP contribution in [0.25, 0.3) is 0 Å². The fourth-order valence-electron chi connectivity index (χ4n) is 2.68. The molecule has 1 saturated carbocycles. The topological polar surface area (TPSA) is 50.2 Å². The van der Waals surface area contributed by atoms with Crippen molar-refractivity contribution in [3.8, 4) is 0 Å². The fourth-order valence-corrected chi connectivity index (χ4v) is 2.88. The molecule has 0 saturated heterocycles. The van der Waals surface area contributed by atoms with Crippen LogP contribution in [0.15, 0.2) is 45.8 Å². The average Bonchev–Trinajstić information content (AvgIpc) is 2.52. The van der Waals surface area contributed by atoms with Gasteiger partial charge < -0.3 is 5.32 Å². The quantitative estimate of drug-likeness (QED) is 0.674. The van der Waals surface area contributed by atoms with Crippen LogP contribution in [0.2, 0.25) is 0 Å². The first-order valence-corrected chi connectivity index (χ1v) is 8.91. The zero-order chi connectivity index (χ0) is 17.3. The lowest BCUT2D eigenvalue weighted by Gasteiger charge is -2.43. The molecule has 1 aromatic rings. The lowest BCUT2D eigenvalue weighted by atomic mass is 9.65. The highest BCUT2D eigenvalue weighted by atomic mass is 79.9. The van der Waals surface area contributed by atoms with Crippen LogP contribution >= 0.6 is 15.9 Å². The summed E-state index contributed by atoms with van der Waals surface area (Å²) in [6, 6.07) is 0. The molecule has 0 unspecified atom stereocenters. The smallest absolute Gasteiger partial charge is 0.222 e. The molecule has 0 atom stereocenters. The molecule has 1 N–H and O–H groups in total. The van der Waals surface area contributed by atoms with E-state index in [0.29, 0.717) is 5.95 Å². The normalized spacial score (nSPS) is 15.2. The first kappa shape index (κ1) is 19.6. The predicted octanol–water partition coefficient (Wildman–Crippen LogP) is 5.40. The minimum Gasteiger partial charge on any atom is -0.353 e. The molecule has 4 nitrogen and oxygen atoms in total. The number of halogens is 1. The molecule has 0 amide bonds. The highest BCUT2D eigenvalue weighted by Gasteiger charge is 2.41. The van der Waals surface area contributed by atoms with Crippen LogP contribution in [0.4, 0.5) is 5.95 Å². The summed E-state index contributed by atoms with van der Waals surface area (Å²) in [5, 5.41) is 3.35. The molecule has 1 fully saturated rings. The molecule has 2 rings (SSSR count). The number of hydrogen-bond donors (Lipinski definition) is 1. The van der Waals surface area contributed by atoms with Gasteiger partial charge in [-0.1, -0.05) is 38.5 Å². The van der Waals surface area contributed by atoms with Crippen LogP contribution in [-0.2, 0) is 0 Å². The molecule has 0 spiro atoms. The summed E-state index contributed by atoms with van der Waals surface area (Å²) in [5.74, 6) is 0.658. The Labute approximate surface area is 148 Å². The lowest BCUT2D eigenvalue weighted by molar-refractivity contribution is 0.199. The van der Waals surface area contributed by atoms with E-state index in [0.717, 1.165) is 23.9 Å². The molecule has 0 aromatic carbocycles. The minimum atomic E-state index is 0.0920. The van der Waals surface area contributed by atoms with E-state index in [2.05, 4.69) is 56.6 Å². The third kappa shape index (κ3) is 5.27. The third-order valence-corrected chi connectivity index (χ3v) is 4.21. The zero-order valence-electron chi connectivity index (χ0n) is 14.6. The van der Waals surface area contributed by atoms with Crippen molar-refractivity contribution in [1.29, 1.82) is 0 Å². The molecule has 23 heavy (non-hydrogen) atoms. The molecule has 0 aliphatic heterocycles. The maximum atomic E-state index is 4.61. The van der Waals surface area contributed by atoms with Gasteiger partial charge >= 0.3 is 0 Å². The molecule has 1 aromatic heterocycles. The van der Waals surface area contributed by atoms with E-state index in [9.17, 15) is 0 Å². The van der Waals surface area contributed by atoms with Gasteiger partial charge in [-0.3, -0.25) is 4.99 Å². The van der Waals surface area contributed by atoms with Gasteiger partial charge in [0.15, 0.2) is 0 Å². The maximum absolute atomic E-state index is 4.61. The first-order valence-electron chi connectivity index (χ1n) is 8.12. The van der Waals surface area contributed by atoms with Gasteiger partial charge in [-0.15, -0.1) is 0 Å². The van der Waals surface area contributed by atoms with Crippen LogP contribution in [-0.4, -0.2) is 22.7 Å². The third-order valence-electron chi connectivity index (χ3n) is 3.80. The Morgan fingerprint density at radius 3 is 2.39 bits per heavy atom. The lowest BCUT2D eigenvalue weighted by Crippen LogP contribution is -2.38. The van der Waals surface area contributed by atoms with E-state index in [-0.39, 0.29) is 5.41 Å². The number of hydrogen-bond acceptors (Lipinski definition) is 4. The second-order valence-corrected chi connectivity index (χ2v) is 6.49. The highest BCUT2D eigenvalue weighted by molar-refractivity contribution is 9.10. The van der Waals surface area contributed by atoms with Crippen LogP contribution in [0.1, 0.15) is 47.0 Å². The summed E-state index contributed by atoms with van der Waals surface area (Å²) >= 11 is 3.34. The van der Waals surface area contributed by atoms with Gasteiger partial charge in [0.05, 0.1) is 4.47 Å². The Morgan fingerprint density at radius 1 is 1.35 bits per heavy atom. The summed E-state index contributed by atoms with van der Waals surface area (Å²) in [5.41, 5.74) is 2.51. The SMILES string of the molecule is C=CC=NC(=C(C)C)C1(CNc2ncc(Br)cn2)CCC1.CC. The average molecular weight is 379 g/mol. The van der Waals surface area contributed by atoms with Gasteiger partial charge in [0.25, 0.3) is 0 Å². The number of aliphatic imine (C=N–C) groups is 1. The molecular formula is C18H27BrN4. The van der Waals surface area contributed by atoms with Crippen molar-refractivity contribution in [3.63, 3.8) is 0 Å². The van der Waals surface area contributed by atoms with E-state index in [4.69, 9.17) is 0 Å². The van der Waals surface area contributed by atoms with Gasteiger partial charge in [0, 0.05) is 36.3 Å². The molecule has 1 aliphatic rings. The Morgan fingerprint density at radius 2 is 1.96 bits per heavy atom. The molecule has 126 valence electrons. The van der Waals surface area contributed by atoms with Crippen molar-refractivity contribution in [2.75, 3.05) is 11.9 Å². The summed E-state index contributed by atoms with van der Waals surface area (Å²) in [6.07, 6.45) is 10.5. The zero-order valence-corrected chi connectivity index (χ0v) is 16.2. The van der Waals surface area contributed by atoms with Crippen molar-refractivity contribution in [1.82, 2.24) is 9.97 Å². The van der Waals surface area contributed by atoms with Gasteiger partial charge in [-0.2, -0.15) is 0 Å². The molecular weight excluding hydrogens is 352 g/mol. The molecule has 5 heteroatoms. The number of nitrogens with zero attached hydrogens (tertiary/aromatic N) is 3. The van der Waals surface area contributed by atoms with Crippen molar-refractivity contribution in [3.05, 3.63) is 40.8 Å². The van der Waals surface area contributed by atoms with E-state index >= 15 is 0 Å². The second kappa shape index (κ2) is 9.60. The molecule has 0 bridgehead atoms. The number of anilines is 1. The second-order valence-electron chi connectivity index (χ2n) is 5.57. The fraction of sp³-hybridized carbons (Fsp3) is 0.500. The highest BCUT2D eigenvalue weighted by Crippen LogP contribution is 2.48. The molecule has 0 radical (unpaired) electrons. The van der Waals surface area contributed by atoms with Gasteiger partial charge in [0.2, 0.25) is 5.95 Å². The van der Waals surface area contributed by atoms with Crippen LogP contribution in [0, 0.1) is 5.41 Å². The van der Waals surface area contributed by atoms with Gasteiger partial charge in [-0.25, -0.2) is 9.97 Å². The predicted molar refractivity (Wildman–Crippen MR) is 103 cm³/mol. The monoisotopic (exact) mass is 378 g/mol. The van der Waals surface area contributed by atoms with Gasteiger partial charge in [0.1, 0.15) is 0 Å². The summed E-state index contributed by atoms with van der Waals surface area (Å²) < 4.78 is 0.881. The molecule has 1 aliphatic carbocycles. The number of nitrogens with one attached hydrogen (secondary N) is 1. The van der Waals surface area contributed by atoms with Crippen LogP contribution in [0.3, 0.4) is 0 Å². The molecule has 1 heterocycles. The van der Waals surface area contributed by atoms with Crippen molar-refractivity contribution < 1.29 is 0 Å². The van der Waals surface area contributed by atoms with Crippen molar-refractivity contribution in [2.24, 2.45) is 10.4 Å². The van der Waals surface area contributed by atoms with Crippen LogP contribution in [0.5, 0.6) is 0 Å². The Hall–Kier alpha value is -1.49. The van der Waals surface area contributed by atoms with E-state index in [1.54, 1.807) is 24.7 Å². The van der Waals surface area contributed by atoms with Crippen molar-refractivity contribution in [2.45, 2.75) is 47.0 Å². The Kier molecular flexibility index (Phi) is 8.17. The minimum absolute atomic E-state index is 0.0920. The summed E-state index contributed by atoms with van der Waals surface area (Å²) in [6.45, 7) is 12.8. The van der Waals surface area contributed by atoms with E-state index in [1.807, 2.05) is 13.8 Å². The van der Waals surface area contributed by atoms with Gasteiger partial charge in [-0.05, 0) is 42.6 Å². The number of aromatic nitrogens is 2. The summed E-state index contributed by atoms with van der Waals surface area (Å²) in [4.78, 5) is 13.1.